The molecule has 0 fully saturated rings. The second-order valence-electron chi connectivity index (χ2n) is 13.5. The van der Waals surface area contributed by atoms with Crippen molar-refractivity contribution in [2.45, 2.75) is 91.1 Å². The molecule has 1 amide bonds. The number of nitrogens with zero attached hydrogens (tertiary/aromatic N) is 1. The maximum Gasteiger partial charge on any atom is 0.407 e. The molecule has 0 spiro atoms. The molecule has 1 heterocycles. The summed E-state index contributed by atoms with van der Waals surface area (Å²) in [4.78, 5) is 28.4. The fourth-order valence-corrected chi connectivity index (χ4v) is 10.0. The third-order valence-corrected chi connectivity index (χ3v) is 12.4. The Morgan fingerprint density at radius 1 is 1.00 bits per heavy atom. The molecule has 254 valence electrons. The first-order valence-electron chi connectivity index (χ1n) is 16.0. The van der Waals surface area contributed by atoms with Crippen LogP contribution < -0.4 is 15.7 Å². The average molecular weight is 663 g/mol. The van der Waals surface area contributed by atoms with Gasteiger partial charge in [0.1, 0.15) is 11.9 Å². The molecule has 0 aliphatic rings. The van der Waals surface area contributed by atoms with Crippen molar-refractivity contribution in [3.05, 3.63) is 102 Å². The number of allylic oxidation sites excluding steroid dienone is 2. The summed E-state index contributed by atoms with van der Waals surface area (Å²) in [6.07, 6.45) is 5.43. The van der Waals surface area contributed by atoms with E-state index in [1.165, 1.54) is 6.26 Å². The molecule has 2 aromatic carbocycles. The molecule has 0 aliphatic heterocycles. The van der Waals surface area contributed by atoms with Gasteiger partial charge in [0, 0.05) is 13.0 Å². The van der Waals surface area contributed by atoms with E-state index in [0.29, 0.717) is 0 Å². The number of aromatic nitrogens is 1. The zero-order valence-electron chi connectivity index (χ0n) is 28.9. The number of rotatable bonds is 14. The maximum absolute atomic E-state index is 12.1. The zero-order chi connectivity index (χ0) is 34.7. The van der Waals surface area contributed by atoms with Crippen LogP contribution in [0.4, 0.5) is 4.79 Å². The monoisotopic (exact) mass is 662 g/mol. The lowest BCUT2D eigenvalue weighted by Crippen LogP contribution is -2.67. The number of alkyl carbamates (subject to hydrolysis) is 1. The van der Waals surface area contributed by atoms with E-state index in [9.17, 15) is 14.7 Å². The lowest BCUT2D eigenvalue weighted by molar-refractivity contribution is 0.0513. The predicted molar refractivity (Wildman–Crippen MR) is 186 cm³/mol. The van der Waals surface area contributed by atoms with Crippen LogP contribution in [-0.4, -0.2) is 61.4 Å². The molecule has 3 rings (SSSR count). The summed E-state index contributed by atoms with van der Waals surface area (Å²) in [5.74, 6) is -0.338. The third-order valence-electron chi connectivity index (χ3n) is 7.29. The van der Waals surface area contributed by atoms with Crippen LogP contribution in [0.2, 0.25) is 5.04 Å². The number of carbonyl (C=O) groups is 2. The first-order chi connectivity index (χ1) is 22.1. The van der Waals surface area contributed by atoms with Gasteiger partial charge in [-0.1, -0.05) is 105 Å². The fraction of sp³-hybridized carbons (Fsp3) is 0.432. The predicted octanol–water partition coefficient (Wildman–Crippen LogP) is 6.12. The standard InChI is InChI=1S/C37H50N2O7Si/c1-9-43-34(41)32-26-44-33(39-32)25-28(40)24-29(23-27(2)17-16-22-38-35(42)45-36(3,4)5)46-47(37(6,7)8,30-18-12-10-13-19-30)31-20-14-11-15-21-31/h10-21,23,26,28-29,40H,9,22,24-25H2,1-8H3,(H,38,42)/b17-16+,27-23+/t28?,29-/m1/s1. The summed E-state index contributed by atoms with van der Waals surface area (Å²) < 4.78 is 23.2. The Balaban J connectivity index is 1.96. The summed E-state index contributed by atoms with van der Waals surface area (Å²) in [5.41, 5.74) is 0.378. The number of benzene rings is 2. The van der Waals surface area contributed by atoms with E-state index in [0.717, 1.165) is 15.9 Å². The summed E-state index contributed by atoms with van der Waals surface area (Å²) in [6, 6.07) is 20.6. The number of oxazole rings is 1. The number of hydrogen-bond acceptors (Lipinski definition) is 8. The van der Waals surface area contributed by atoms with E-state index in [1.807, 2.05) is 82.3 Å². The molecule has 0 saturated carbocycles. The van der Waals surface area contributed by atoms with Crippen LogP contribution in [0, 0.1) is 0 Å². The lowest BCUT2D eigenvalue weighted by Gasteiger charge is -2.45. The smallest absolute Gasteiger partial charge is 0.407 e. The molecule has 47 heavy (non-hydrogen) atoms. The minimum absolute atomic E-state index is 0.0648. The molecule has 0 aliphatic carbocycles. The van der Waals surface area contributed by atoms with Crippen molar-refractivity contribution in [3.63, 3.8) is 0 Å². The molecule has 9 nitrogen and oxygen atoms in total. The van der Waals surface area contributed by atoms with E-state index < -0.39 is 38.2 Å². The van der Waals surface area contributed by atoms with Crippen molar-refractivity contribution in [3.8, 4) is 0 Å². The number of aliphatic hydroxyl groups excluding tert-OH is 1. The highest BCUT2D eigenvalue weighted by molar-refractivity contribution is 6.99. The Morgan fingerprint density at radius 2 is 1.60 bits per heavy atom. The Bertz CT molecular complexity index is 1450. The minimum atomic E-state index is -2.99. The van der Waals surface area contributed by atoms with Crippen molar-refractivity contribution in [2.24, 2.45) is 0 Å². The highest BCUT2D eigenvalue weighted by Gasteiger charge is 2.51. The van der Waals surface area contributed by atoms with Crippen LogP contribution >= 0.6 is 0 Å². The molecule has 1 unspecified atom stereocenters. The normalized spacial score (nSPS) is 14.1. The highest BCUT2D eigenvalue weighted by atomic mass is 28.4. The molecule has 2 N–H and O–H groups in total. The molecule has 3 aromatic rings. The van der Waals surface area contributed by atoms with Gasteiger partial charge in [-0.3, -0.25) is 0 Å². The fourth-order valence-electron chi connectivity index (χ4n) is 5.38. The number of ether oxygens (including phenoxy) is 2. The van der Waals surface area contributed by atoms with Crippen molar-refractivity contribution in [1.82, 2.24) is 10.3 Å². The number of aliphatic hydroxyl groups is 1. The van der Waals surface area contributed by atoms with Gasteiger partial charge in [-0.2, -0.15) is 0 Å². The Labute approximate surface area is 280 Å². The molecular weight excluding hydrogens is 613 g/mol. The molecule has 1 aromatic heterocycles. The Hall–Kier alpha value is -3.99. The lowest BCUT2D eigenvalue weighted by atomic mass is 10.1. The second-order valence-corrected chi connectivity index (χ2v) is 17.7. The molecule has 0 bridgehead atoms. The Morgan fingerprint density at radius 3 is 2.13 bits per heavy atom. The number of esters is 1. The van der Waals surface area contributed by atoms with Crippen LogP contribution in [-0.2, 0) is 20.3 Å². The van der Waals surface area contributed by atoms with Crippen LogP contribution in [0.3, 0.4) is 0 Å². The van der Waals surface area contributed by atoms with Gasteiger partial charge < -0.3 is 28.7 Å². The van der Waals surface area contributed by atoms with Gasteiger partial charge in [-0.25, -0.2) is 14.6 Å². The topological polar surface area (TPSA) is 120 Å². The van der Waals surface area contributed by atoms with Gasteiger partial charge in [-0.05, 0) is 50.0 Å². The van der Waals surface area contributed by atoms with Crippen LogP contribution in [0.1, 0.15) is 78.2 Å². The minimum Gasteiger partial charge on any atom is -0.461 e. The first-order valence-corrected chi connectivity index (χ1v) is 18.0. The molecular formula is C37H50N2O7Si. The van der Waals surface area contributed by atoms with Crippen LogP contribution in [0.5, 0.6) is 0 Å². The van der Waals surface area contributed by atoms with Crippen LogP contribution in [0.25, 0.3) is 0 Å². The molecule has 10 heteroatoms. The van der Waals surface area contributed by atoms with Gasteiger partial charge in [-0.15, -0.1) is 0 Å². The Kier molecular flexibility index (Phi) is 13.3. The van der Waals surface area contributed by atoms with E-state index in [4.69, 9.17) is 18.3 Å². The van der Waals surface area contributed by atoms with E-state index in [1.54, 1.807) is 6.92 Å². The van der Waals surface area contributed by atoms with Gasteiger partial charge in [0.2, 0.25) is 0 Å². The van der Waals surface area contributed by atoms with Crippen molar-refractivity contribution >= 4 is 30.8 Å². The van der Waals surface area contributed by atoms with Crippen molar-refractivity contribution in [1.29, 1.82) is 0 Å². The van der Waals surface area contributed by atoms with Crippen molar-refractivity contribution < 1.29 is 33.0 Å². The van der Waals surface area contributed by atoms with Gasteiger partial charge in [0.15, 0.2) is 11.6 Å². The molecule has 0 saturated heterocycles. The van der Waals surface area contributed by atoms with E-state index in [-0.39, 0.29) is 42.6 Å². The molecule has 2 atom stereocenters. The van der Waals surface area contributed by atoms with Gasteiger partial charge in [0.25, 0.3) is 8.32 Å². The third kappa shape index (κ3) is 11.0. The van der Waals surface area contributed by atoms with E-state index >= 15 is 0 Å². The highest BCUT2D eigenvalue weighted by Crippen LogP contribution is 2.38. The van der Waals surface area contributed by atoms with E-state index in [2.05, 4.69) is 55.3 Å². The SMILES string of the molecule is CCOC(=O)c1coc(CC(O)C[C@@H](/C=C(C)/C=C/CNC(=O)OC(C)(C)C)O[Si](c2ccccc2)(c2ccccc2)C(C)(C)C)n1. The van der Waals surface area contributed by atoms with Crippen LogP contribution in [0.15, 0.2) is 95.1 Å². The summed E-state index contributed by atoms with van der Waals surface area (Å²) >= 11 is 0. The second kappa shape index (κ2) is 16.7. The van der Waals surface area contributed by atoms with Gasteiger partial charge in [0.05, 0.1) is 25.2 Å². The van der Waals surface area contributed by atoms with Crippen molar-refractivity contribution in [2.75, 3.05) is 13.2 Å². The number of hydrogen-bond donors (Lipinski definition) is 2. The largest absolute Gasteiger partial charge is 0.461 e. The first kappa shape index (κ1) is 37.5. The number of carbonyl (C=O) groups excluding carboxylic acids is 2. The number of nitrogens with one attached hydrogen (secondary N) is 1. The maximum atomic E-state index is 12.1. The quantitative estimate of drug-likeness (QED) is 0.120. The van der Waals surface area contributed by atoms with Gasteiger partial charge >= 0.3 is 12.1 Å². The summed E-state index contributed by atoms with van der Waals surface area (Å²) in [6.45, 7) is 16.2. The average Bonchev–Trinajstić information content (AvgIpc) is 3.46. The molecule has 0 radical (unpaired) electrons. The number of amides is 1. The zero-order valence-corrected chi connectivity index (χ0v) is 29.9. The summed E-state index contributed by atoms with van der Waals surface area (Å²) in [5, 5.41) is 16.0. The summed E-state index contributed by atoms with van der Waals surface area (Å²) in [7, 11) is -2.99.